The maximum absolute atomic E-state index is 12.8. The fourth-order valence-electron chi connectivity index (χ4n) is 2.98. The van der Waals surface area contributed by atoms with Gasteiger partial charge >= 0.3 is 0 Å². The van der Waals surface area contributed by atoms with Gasteiger partial charge in [-0.2, -0.15) is 0 Å². The summed E-state index contributed by atoms with van der Waals surface area (Å²) in [7, 11) is 1.59. The Morgan fingerprint density at radius 2 is 1.80 bits per heavy atom. The van der Waals surface area contributed by atoms with Gasteiger partial charge in [0.05, 0.1) is 22.8 Å². The molecule has 1 aliphatic carbocycles. The monoisotopic (exact) mass is 397 g/mol. The van der Waals surface area contributed by atoms with Crippen LogP contribution >= 0.6 is 15.9 Å². The lowest BCUT2D eigenvalue weighted by Crippen LogP contribution is -2.20. The molecule has 0 N–H and O–H groups in total. The fraction of sp³-hybridized carbons (Fsp3) is 0.105. The number of ketones is 2. The van der Waals surface area contributed by atoms with Crippen molar-refractivity contribution in [2.45, 2.75) is 6.42 Å². The van der Waals surface area contributed by atoms with Crippen molar-refractivity contribution >= 4 is 27.5 Å². The molecule has 0 radical (unpaired) electrons. The third-order valence-electron chi connectivity index (χ3n) is 4.20. The lowest BCUT2D eigenvalue weighted by molar-refractivity contribution is 0.0955. The van der Waals surface area contributed by atoms with E-state index in [0.717, 1.165) is 10.0 Å². The lowest BCUT2D eigenvalue weighted by Gasteiger charge is -2.12. The second kappa shape index (κ2) is 5.97. The summed E-state index contributed by atoms with van der Waals surface area (Å²) < 4.78 is 11.2. The molecule has 0 spiro atoms. The van der Waals surface area contributed by atoms with E-state index in [9.17, 15) is 9.59 Å². The van der Waals surface area contributed by atoms with Crippen LogP contribution in [0.3, 0.4) is 0 Å². The number of carbonyl (C=O) groups is 2. The summed E-state index contributed by atoms with van der Waals surface area (Å²) in [5.74, 6) is 0.200. The highest BCUT2D eigenvalue weighted by Gasteiger charge is 2.36. The number of carbonyl (C=O) groups excluding carboxylic acids is 2. The van der Waals surface area contributed by atoms with E-state index >= 15 is 0 Å². The smallest absolute Gasteiger partial charge is 0.232 e. The van der Waals surface area contributed by atoms with Crippen molar-refractivity contribution in [2.75, 3.05) is 7.11 Å². The number of benzene rings is 2. The van der Waals surface area contributed by atoms with Crippen LogP contribution in [0.1, 0.15) is 43.3 Å². The van der Waals surface area contributed by atoms with Crippen molar-refractivity contribution in [2.24, 2.45) is 0 Å². The Balaban J connectivity index is 1.75. The first-order valence-electron chi connectivity index (χ1n) is 7.59. The molecule has 1 heterocycles. The normalized spacial score (nSPS) is 12.7. The first-order valence-corrected chi connectivity index (χ1v) is 8.39. The number of fused-ring (bicyclic) bond motifs is 2. The summed E-state index contributed by atoms with van der Waals surface area (Å²) in [6, 6.07) is 12.3. The Kier molecular flexibility index (Phi) is 3.77. The van der Waals surface area contributed by atoms with Crippen LogP contribution in [0.15, 0.2) is 51.5 Å². The van der Waals surface area contributed by atoms with Crippen LogP contribution in [-0.4, -0.2) is 23.8 Å². The van der Waals surface area contributed by atoms with Gasteiger partial charge in [0, 0.05) is 17.5 Å². The van der Waals surface area contributed by atoms with Gasteiger partial charge in [-0.1, -0.05) is 35.5 Å². The number of ether oxygens (including phenoxy) is 1. The number of halogens is 1. The predicted octanol–water partition coefficient (Wildman–Crippen LogP) is 3.81. The van der Waals surface area contributed by atoms with Crippen LogP contribution in [0.5, 0.6) is 5.75 Å². The number of aromatic nitrogens is 1. The van der Waals surface area contributed by atoms with Gasteiger partial charge in [0.15, 0.2) is 5.78 Å². The molecule has 4 rings (SSSR count). The van der Waals surface area contributed by atoms with Gasteiger partial charge in [0.2, 0.25) is 11.5 Å². The first kappa shape index (κ1) is 15.8. The third-order valence-corrected chi connectivity index (χ3v) is 4.82. The molecule has 25 heavy (non-hydrogen) atoms. The quantitative estimate of drug-likeness (QED) is 0.525. The molecular weight excluding hydrogens is 386 g/mol. The van der Waals surface area contributed by atoms with Crippen molar-refractivity contribution in [3.63, 3.8) is 0 Å². The van der Waals surface area contributed by atoms with E-state index in [-0.39, 0.29) is 22.9 Å². The highest BCUT2D eigenvalue weighted by atomic mass is 79.9. The van der Waals surface area contributed by atoms with E-state index < -0.39 is 0 Å². The minimum absolute atomic E-state index is 0.0197. The van der Waals surface area contributed by atoms with Crippen LogP contribution in [-0.2, 0) is 6.42 Å². The molecule has 1 aliphatic rings. The van der Waals surface area contributed by atoms with Crippen molar-refractivity contribution < 1.29 is 18.8 Å². The molecule has 3 aromatic rings. The molecule has 1 aromatic heterocycles. The van der Waals surface area contributed by atoms with Crippen molar-refractivity contribution in [3.05, 3.63) is 80.6 Å². The molecule has 0 fully saturated rings. The van der Waals surface area contributed by atoms with Crippen LogP contribution in [0.2, 0.25) is 0 Å². The predicted molar refractivity (Wildman–Crippen MR) is 93.3 cm³/mol. The molecule has 0 atom stereocenters. The SMILES string of the molecule is COc1ccc(Cc2noc3c2C(=O)c2ccccc2C3=O)cc1Br. The van der Waals surface area contributed by atoms with Gasteiger partial charge in [0.25, 0.3) is 0 Å². The van der Waals surface area contributed by atoms with Crippen molar-refractivity contribution in [3.8, 4) is 5.75 Å². The van der Waals surface area contributed by atoms with Gasteiger partial charge in [0.1, 0.15) is 5.75 Å². The van der Waals surface area contributed by atoms with Gasteiger partial charge in [-0.25, -0.2) is 0 Å². The van der Waals surface area contributed by atoms with E-state index in [1.54, 1.807) is 31.4 Å². The van der Waals surface area contributed by atoms with Crippen molar-refractivity contribution in [1.82, 2.24) is 5.16 Å². The van der Waals surface area contributed by atoms with E-state index in [1.165, 1.54) is 0 Å². The molecule has 0 bridgehead atoms. The minimum Gasteiger partial charge on any atom is -0.496 e. The summed E-state index contributed by atoms with van der Waals surface area (Å²) >= 11 is 3.44. The van der Waals surface area contributed by atoms with Crippen LogP contribution in [0.4, 0.5) is 0 Å². The molecule has 0 saturated heterocycles. The average molecular weight is 398 g/mol. The summed E-state index contributed by atoms with van der Waals surface area (Å²) in [6.07, 6.45) is 0.378. The standard InChI is InChI=1S/C19H12BrNO4/c1-24-15-7-6-10(8-13(15)20)9-14-16-17(22)11-4-2-3-5-12(11)18(23)19(16)25-21-14/h2-8H,9H2,1H3. The second-order valence-electron chi connectivity index (χ2n) is 5.68. The number of hydrogen-bond donors (Lipinski definition) is 0. The Hall–Kier alpha value is -2.73. The van der Waals surface area contributed by atoms with Crippen LogP contribution in [0, 0.1) is 0 Å². The van der Waals surface area contributed by atoms with Crippen LogP contribution in [0.25, 0.3) is 0 Å². The van der Waals surface area contributed by atoms with E-state index in [4.69, 9.17) is 9.26 Å². The number of rotatable bonds is 3. The largest absolute Gasteiger partial charge is 0.496 e. The molecule has 0 aliphatic heterocycles. The minimum atomic E-state index is -0.306. The van der Waals surface area contributed by atoms with Crippen molar-refractivity contribution in [1.29, 1.82) is 0 Å². The highest BCUT2D eigenvalue weighted by molar-refractivity contribution is 9.10. The van der Waals surface area contributed by atoms with Gasteiger partial charge in [-0.15, -0.1) is 0 Å². The topological polar surface area (TPSA) is 69.4 Å². The summed E-state index contributed by atoms with van der Waals surface area (Å²) in [4.78, 5) is 25.4. The zero-order valence-corrected chi connectivity index (χ0v) is 14.8. The summed E-state index contributed by atoms with van der Waals surface area (Å²) in [5.41, 5.74) is 2.38. The Morgan fingerprint density at radius 3 is 2.48 bits per heavy atom. The molecule has 5 nitrogen and oxygen atoms in total. The molecule has 2 aromatic carbocycles. The molecule has 6 heteroatoms. The Morgan fingerprint density at radius 1 is 1.08 bits per heavy atom. The number of hydrogen-bond acceptors (Lipinski definition) is 5. The summed E-state index contributed by atoms with van der Waals surface area (Å²) in [5, 5.41) is 3.99. The zero-order chi connectivity index (χ0) is 17.6. The highest BCUT2D eigenvalue weighted by Crippen LogP contribution is 2.31. The van der Waals surface area contributed by atoms with Gasteiger partial charge in [-0.3, -0.25) is 9.59 Å². The summed E-state index contributed by atoms with van der Waals surface area (Å²) in [6.45, 7) is 0. The number of methoxy groups -OCH3 is 1. The Labute approximate surface area is 151 Å². The van der Waals surface area contributed by atoms with E-state index in [1.807, 2.05) is 18.2 Å². The van der Waals surface area contributed by atoms with Gasteiger partial charge in [-0.05, 0) is 33.6 Å². The molecule has 0 saturated carbocycles. The average Bonchev–Trinajstić information content (AvgIpc) is 3.04. The third kappa shape index (κ3) is 2.49. The fourth-order valence-corrected chi connectivity index (χ4v) is 3.57. The zero-order valence-electron chi connectivity index (χ0n) is 13.2. The van der Waals surface area contributed by atoms with E-state index in [2.05, 4.69) is 21.1 Å². The van der Waals surface area contributed by atoms with E-state index in [0.29, 0.717) is 29.0 Å². The maximum Gasteiger partial charge on any atom is 0.232 e. The first-order chi connectivity index (χ1) is 12.1. The maximum atomic E-state index is 12.8. The second-order valence-corrected chi connectivity index (χ2v) is 6.54. The molecular formula is C19H12BrNO4. The number of nitrogens with zero attached hydrogens (tertiary/aromatic N) is 1. The van der Waals surface area contributed by atoms with Crippen LogP contribution < -0.4 is 4.74 Å². The molecule has 0 amide bonds. The molecule has 124 valence electrons. The Bertz CT molecular complexity index is 1020. The van der Waals surface area contributed by atoms with Gasteiger partial charge < -0.3 is 9.26 Å². The lowest BCUT2D eigenvalue weighted by atomic mass is 9.86. The molecule has 0 unspecified atom stereocenters.